The molecule has 0 spiro atoms. The number of rotatable bonds is 4. The molecule has 0 amide bonds. The van der Waals surface area contributed by atoms with Crippen molar-refractivity contribution in [2.45, 2.75) is 19.1 Å². The topological polar surface area (TPSA) is 141 Å². The highest BCUT2D eigenvalue weighted by Crippen LogP contribution is 2.17. The van der Waals surface area contributed by atoms with Crippen molar-refractivity contribution in [3.8, 4) is 5.06 Å². The molecule has 0 radical (unpaired) electrons. The van der Waals surface area contributed by atoms with Crippen LogP contribution in [0.2, 0.25) is 0 Å². The summed E-state index contributed by atoms with van der Waals surface area (Å²) in [6.45, 7) is 1.39. The minimum absolute atomic E-state index is 0.266. The highest BCUT2D eigenvalue weighted by Gasteiger charge is 2.29. The van der Waals surface area contributed by atoms with Crippen LogP contribution in [0.25, 0.3) is 0 Å². The van der Waals surface area contributed by atoms with E-state index in [9.17, 15) is 14.4 Å². The number of hydrogen-bond acceptors (Lipinski definition) is 7. The van der Waals surface area contributed by atoms with Crippen LogP contribution in [0.3, 0.4) is 0 Å². The summed E-state index contributed by atoms with van der Waals surface area (Å²) in [5, 5.41) is 35.0. The van der Waals surface area contributed by atoms with Gasteiger partial charge in [-0.2, -0.15) is 0 Å². The van der Waals surface area contributed by atoms with Crippen LogP contribution in [0, 0.1) is 0 Å². The lowest BCUT2D eigenvalue weighted by Gasteiger charge is -2.07. The molecule has 0 fully saturated rings. The first-order valence-corrected chi connectivity index (χ1v) is 5.67. The van der Waals surface area contributed by atoms with E-state index in [0.717, 1.165) is 0 Å². The van der Waals surface area contributed by atoms with E-state index in [4.69, 9.17) is 25.2 Å². The van der Waals surface area contributed by atoms with Crippen molar-refractivity contribution >= 4 is 29.2 Å². The van der Waals surface area contributed by atoms with E-state index in [0.29, 0.717) is 5.06 Å². The fourth-order valence-electron chi connectivity index (χ4n) is 0.733. The molecule has 0 bridgehead atoms. The molecule has 19 heavy (non-hydrogen) atoms. The van der Waals surface area contributed by atoms with Gasteiger partial charge in [0.2, 0.25) is 0 Å². The van der Waals surface area contributed by atoms with Crippen LogP contribution in [-0.2, 0) is 14.4 Å². The zero-order valence-electron chi connectivity index (χ0n) is 9.72. The number of hydrogen-bond donors (Lipinski definition) is 4. The van der Waals surface area contributed by atoms with E-state index in [-0.39, 0.29) is 5.97 Å². The summed E-state index contributed by atoms with van der Waals surface area (Å²) in [5.74, 6) is -3.80. The molecule has 1 heterocycles. The van der Waals surface area contributed by atoms with E-state index in [1.165, 1.54) is 18.3 Å². The van der Waals surface area contributed by atoms with E-state index < -0.39 is 24.1 Å². The van der Waals surface area contributed by atoms with Gasteiger partial charge in [-0.05, 0) is 17.5 Å². The van der Waals surface area contributed by atoms with E-state index in [1.54, 1.807) is 6.07 Å². The van der Waals surface area contributed by atoms with E-state index in [1.807, 2.05) is 11.4 Å². The van der Waals surface area contributed by atoms with Gasteiger partial charge >= 0.3 is 17.9 Å². The molecular weight excluding hydrogens is 280 g/mol. The van der Waals surface area contributed by atoms with Crippen molar-refractivity contribution in [2.75, 3.05) is 0 Å². The van der Waals surface area contributed by atoms with Crippen molar-refractivity contribution in [3.63, 3.8) is 0 Å². The third-order valence-electron chi connectivity index (χ3n) is 1.54. The Balaban J connectivity index is 0.000000342. The first kappa shape index (κ1) is 17.0. The standard InChI is InChI=1S/C6H6O2S.C4H6O6/c1-5(7)8-6-3-2-4-9-6;5-1(3(7)8)2(6)4(9)10/h2-4H,1H3;1-2,5-6H,(H,7,8)(H,9,10)/t;1-,2-/m.1/s1. The molecule has 0 aromatic carbocycles. The normalized spacial score (nSPS) is 12.6. The lowest BCUT2D eigenvalue weighted by Crippen LogP contribution is -2.39. The second-order valence-corrected chi connectivity index (χ2v) is 4.00. The van der Waals surface area contributed by atoms with Gasteiger partial charge < -0.3 is 25.2 Å². The summed E-state index contributed by atoms with van der Waals surface area (Å²) in [6.07, 6.45) is -4.53. The predicted molar refractivity (Wildman–Crippen MR) is 62.9 cm³/mol. The van der Waals surface area contributed by atoms with Crippen molar-refractivity contribution in [2.24, 2.45) is 0 Å². The Morgan fingerprint density at radius 2 is 1.63 bits per heavy atom. The largest absolute Gasteiger partial charge is 0.479 e. The summed E-state index contributed by atoms with van der Waals surface area (Å²) in [5.41, 5.74) is 0. The fraction of sp³-hybridized carbons (Fsp3) is 0.300. The summed E-state index contributed by atoms with van der Waals surface area (Å²) >= 11 is 1.41. The van der Waals surface area contributed by atoms with Crippen LogP contribution >= 0.6 is 11.3 Å². The number of carboxylic acids is 2. The maximum atomic E-state index is 10.3. The molecule has 2 atom stereocenters. The van der Waals surface area contributed by atoms with Gasteiger partial charge in [0.1, 0.15) is 0 Å². The third-order valence-corrected chi connectivity index (χ3v) is 2.29. The number of aliphatic hydroxyl groups is 2. The molecule has 106 valence electrons. The quantitative estimate of drug-likeness (QED) is 0.547. The average Bonchev–Trinajstić information content (AvgIpc) is 2.79. The van der Waals surface area contributed by atoms with Gasteiger partial charge in [0.15, 0.2) is 17.3 Å². The van der Waals surface area contributed by atoms with Gasteiger partial charge in [0.05, 0.1) is 0 Å². The lowest BCUT2D eigenvalue weighted by atomic mass is 10.2. The van der Waals surface area contributed by atoms with Gasteiger partial charge in [-0.15, -0.1) is 11.3 Å². The number of ether oxygens (including phenoxy) is 1. The van der Waals surface area contributed by atoms with Crippen LogP contribution in [0.1, 0.15) is 6.92 Å². The van der Waals surface area contributed by atoms with Gasteiger partial charge in [-0.25, -0.2) is 9.59 Å². The maximum Gasteiger partial charge on any atom is 0.335 e. The number of carbonyl (C=O) groups excluding carboxylic acids is 1. The number of aliphatic carboxylic acids is 2. The van der Waals surface area contributed by atoms with Gasteiger partial charge in [-0.1, -0.05) is 0 Å². The maximum absolute atomic E-state index is 10.3. The number of aliphatic hydroxyl groups excluding tert-OH is 2. The van der Waals surface area contributed by atoms with Crippen molar-refractivity contribution in [1.29, 1.82) is 0 Å². The number of carboxylic acid groups (broad SMARTS) is 2. The molecule has 0 aliphatic rings. The highest BCUT2D eigenvalue weighted by atomic mass is 32.1. The monoisotopic (exact) mass is 292 g/mol. The molecule has 4 N–H and O–H groups in total. The summed E-state index contributed by atoms with van der Waals surface area (Å²) in [6, 6.07) is 3.59. The second kappa shape index (κ2) is 8.19. The van der Waals surface area contributed by atoms with Crippen LogP contribution in [0.5, 0.6) is 5.06 Å². The Labute approximate surface area is 111 Å². The number of carbonyl (C=O) groups is 3. The number of thiophene rings is 1. The molecule has 8 nitrogen and oxygen atoms in total. The third kappa shape index (κ3) is 7.13. The molecule has 1 aromatic heterocycles. The molecule has 9 heteroatoms. The predicted octanol–water partition coefficient (Wildman–Crippen LogP) is -0.449. The Morgan fingerprint density at radius 1 is 1.16 bits per heavy atom. The second-order valence-electron chi connectivity index (χ2n) is 3.09. The van der Waals surface area contributed by atoms with E-state index >= 15 is 0 Å². The molecule has 0 saturated carbocycles. The van der Waals surface area contributed by atoms with Crippen LogP contribution in [0.15, 0.2) is 17.5 Å². The lowest BCUT2D eigenvalue weighted by molar-refractivity contribution is -0.165. The average molecular weight is 292 g/mol. The zero-order chi connectivity index (χ0) is 15.0. The molecule has 0 aliphatic carbocycles. The Kier molecular flexibility index (Phi) is 7.34. The molecule has 0 saturated heterocycles. The smallest absolute Gasteiger partial charge is 0.335 e. The summed E-state index contributed by atoms with van der Waals surface area (Å²) < 4.78 is 4.73. The van der Waals surface area contributed by atoms with Crippen LogP contribution < -0.4 is 4.74 Å². The fourth-order valence-corrected chi connectivity index (χ4v) is 1.35. The Hall–Kier alpha value is -1.97. The van der Waals surface area contributed by atoms with Crippen LogP contribution in [0.4, 0.5) is 0 Å². The molecule has 1 aromatic rings. The summed E-state index contributed by atoms with van der Waals surface area (Å²) in [4.78, 5) is 29.8. The SMILES string of the molecule is CC(=O)Oc1cccs1.O=C(O)[C@H](O)[C@@H](O)C(=O)O. The molecule has 0 aliphatic heterocycles. The molecular formula is C10H12O8S. The summed E-state index contributed by atoms with van der Waals surface area (Å²) in [7, 11) is 0. The highest BCUT2D eigenvalue weighted by molar-refractivity contribution is 7.11. The Bertz CT molecular complexity index is 409. The first-order chi connectivity index (χ1) is 8.75. The van der Waals surface area contributed by atoms with Crippen molar-refractivity contribution < 1.29 is 39.5 Å². The molecule has 0 unspecified atom stereocenters. The van der Waals surface area contributed by atoms with Gasteiger partial charge in [-0.3, -0.25) is 4.79 Å². The number of esters is 1. The van der Waals surface area contributed by atoms with E-state index in [2.05, 4.69) is 0 Å². The minimum Gasteiger partial charge on any atom is -0.479 e. The van der Waals surface area contributed by atoms with Gasteiger partial charge in [0.25, 0.3) is 0 Å². The van der Waals surface area contributed by atoms with Crippen LogP contribution in [-0.4, -0.2) is 50.5 Å². The Morgan fingerprint density at radius 3 is 1.89 bits per heavy atom. The first-order valence-electron chi connectivity index (χ1n) is 4.79. The van der Waals surface area contributed by atoms with Crippen molar-refractivity contribution in [3.05, 3.63) is 17.5 Å². The zero-order valence-corrected chi connectivity index (χ0v) is 10.5. The minimum atomic E-state index is -2.27. The van der Waals surface area contributed by atoms with Crippen molar-refractivity contribution in [1.82, 2.24) is 0 Å². The van der Waals surface area contributed by atoms with Gasteiger partial charge in [0, 0.05) is 6.92 Å². The molecule has 1 rings (SSSR count).